The summed E-state index contributed by atoms with van der Waals surface area (Å²) in [5.41, 5.74) is 0.706. The molecule has 0 atom stereocenters. The van der Waals surface area contributed by atoms with Crippen molar-refractivity contribution < 1.29 is 4.52 Å². The summed E-state index contributed by atoms with van der Waals surface area (Å²) in [6.45, 7) is 0. The highest BCUT2D eigenvalue weighted by Crippen LogP contribution is 2.23. The third-order valence-corrected chi connectivity index (χ3v) is 4.06. The summed E-state index contributed by atoms with van der Waals surface area (Å²) in [5, 5.41) is 10.2. The fourth-order valence-corrected chi connectivity index (χ4v) is 2.76. The minimum atomic E-state index is -0.265. The Kier molecular flexibility index (Phi) is 3.32. The predicted molar refractivity (Wildman–Crippen MR) is 86.4 cm³/mol. The maximum atomic E-state index is 12.1. The molecule has 4 rings (SSSR count). The molecule has 3 aromatic heterocycles. The normalized spacial score (nSPS) is 10.8. The Labute approximate surface area is 134 Å². The van der Waals surface area contributed by atoms with Crippen LogP contribution in [0.2, 0.25) is 0 Å². The van der Waals surface area contributed by atoms with E-state index in [1.165, 1.54) is 17.4 Å². The quantitative estimate of drug-likeness (QED) is 0.579. The zero-order valence-corrected chi connectivity index (χ0v) is 12.6. The van der Waals surface area contributed by atoms with Crippen LogP contribution in [-0.2, 0) is 0 Å². The van der Waals surface area contributed by atoms with Crippen molar-refractivity contribution in [2.24, 2.45) is 0 Å². The molecule has 0 bridgehead atoms. The topological polar surface area (TPSA) is 73.8 Å². The number of para-hydroxylation sites is 1. The lowest BCUT2D eigenvalue weighted by atomic mass is 10.3. The van der Waals surface area contributed by atoms with E-state index in [0.717, 1.165) is 10.6 Å². The van der Waals surface area contributed by atoms with Crippen LogP contribution in [0.3, 0.4) is 0 Å². The predicted octanol–water partition coefficient (Wildman–Crippen LogP) is 3.01. The van der Waals surface area contributed by atoms with Gasteiger partial charge < -0.3 is 4.52 Å². The molecule has 0 aliphatic heterocycles. The lowest BCUT2D eigenvalue weighted by Crippen LogP contribution is -2.12. The van der Waals surface area contributed by atoms with Crippen molar-refractivity contribution in [2.45, 2.75) is 0 Å². The molecule has 0 saturated carbocycles. The van der Waals surface area contributed by atoms with E-state index >= 15 is 0 Å². The molecule has 0 radical (unpaired) electrons. The number of hydrogen-bond acceptors (Lipinski definition) is 6. The Hall–Kier alpha value is -3.06. The molecule has 0 amide bonds. The highest BCUT2D eigenvalue weighted by atomic mass is 32.1. The van der Waals surface area contributed by atoms with Crippen molar-refractivity contribution in [1.82, 2.24) is 19.9 Å². The van der Waals surface area contributed by atoms with Gasteiger partial charge in [-0.25, -0.2) is 4.68 Å². The van der Waals surface area contributed by atoms with Crippen LogP contribution in [0.1, 0.15) is 0 Å². The minimum absolute atomic E-state index is 0.115. The molecule has 112 valence electrons. The number of thiophene rings is 1. The van der Waals surface area contributed by atoms with Crippen molar-refractivity contribution in [3.63, 3.8) is 0 Å². The van der Waals surface area contributed by atoms with E-state index in [4.69, 9.17) is 4.52 Å². The van der Waals surface area contributed by atoms with E-state index in [1.54, 1.807) is 10.9 Å². The summed E-state index contributed by atoms with van der Waals surface area (Å²) < 4.78 is 6.82. The fraction of sp³-hybridized carbons (Fsp3) is 0. The van der Waals surface area contributed by atoms with Crippen molar-refractivity contribution in [1.29, 1.82) is 0 Å². The maximum Gasteiger partial charge on any atom is 0.282 e. The number of benzene rings is 1. The zero-order chi connectivity index (χ0) is 15.6. The van der Waals surface area contributed by atoms with E-state index in [0.29, 0.717) is 5.82 Å². The first-order valence-corrected chi connectivity index (χ1v) is 7.72. The van der Waals surface area contributed by atoms with Gasteiger partial charge >= 0.3 is 0 Å². The van der Waals surface area contributed by atoms with Gasteiger partial charge in [0.05, 0.1) is 10.6 Å². The maximum absolute atomic E-state index is 12.1. The second-order valence-electron chi connectivity index (χ2n) is 4.71. The molecule has 0 aliphatic rings. The molecule has 4 aromatic rings. The van der Waals surface area contributed by atoms with Gasteiger partial charge in [0.15, 0.2) is 5.69 Å². The number of hydrogen-bond donors (Lipinski definition) is 0. The van der Waals surface area contributed by atoms with Gasteiger partial charge in [0.25, 0.3) is 5.89 Å². The number of aromatic nitrogens is 4. The highest BCUT2D eigenvalue weighted by molar-refractivity contribution is 7.13. The minimum Gasteiger partial charge on any atom is -0.332 e. The molecule has 1 aromatic carbocycles. The lowest BCUT2D eigenvalue weighted by Gasteiger charge is -2.04. The third kappa shape index (κ3) is 2.58. The van der Waals surface area contributed by atoms with E-state index in [1.807, 2.05) is 47.8 Å². The molecule has 7 heteroatoms. The molecular weight excluding hydrogens is 312 g/mol. The Morgan fingerprint density at radius 2 is 1.91 bits per heavy atom. The molecule has 0 spiro atoms. The average molecular weight is 322 g/mol. The molecule has 0 N–H and O–H groups in total. The van der Waals surface area contributed by atoms with Gasteiger partial charge in [0.2, 0.25) is 11.3 Å². The number of nitrogens with zero attached hydrogens (tertiary/aromatic N) is 4. The van der Waals surface area contributed by atoms with Crippen LogP contribution >= 0.6 is 11.3 Å². The first-order valence-electron chi connectivity index (χ1n) is 6.84. The van der Waals surface area contributed by atoms with Crippen molar-refractivity contribution in [3.8, 4) is 28.0 Å². The summed E-state index contributed by atoms with van der Waals surface area (Å²) >= 11 is 1.50. The Balaban J connectivity index is 1.79. The van der Waals surface area contributed by atoms with Crippen LogP contribution in [0.25, 0.3) is 28.0 Å². The summed E-state index contributed by atoms with van der Waals surface area (Å²) in [6, 6.07) is 14.7. The molecule has 3 heterocycles. The molecular formula is C16H10N4O2S. The van der Waals surface area contributed by atoms with E-state index in [9.17, 15) is 4.79 Å². The van der Waals surface area contributed by atoms with Crippen molar-refractivity contribution in [2.75, 3.05) is 0 Å². The molecule has 23 heavy (non-hydrogen) atoms. The Bertz CT molecular complexity index is 990. The van der Waals surface area contributed by atoms with E-state index < -0.39 is 0 Å². The number of rotatable bonds is 3. The fourth-order valence-electron chi connectivity index (χ4n) is 2.11. The first kappa shape index (κ1) is 13.6. The largest absolute Gasteiger partial charge is 0.332 e. The second-order valence-corrected chi connectivity index (χ2v) is 5.66. The van der Waals surface area contributed by atoms with Gasteiger partial charge in [-0.05, 0) is 23.6 Å². The van der Waals surface area contributed by atoms with E-state index in [2.05, 4.69) is 15.2 Å². The summed E-state index contributed by atoms with van der Waals surface area (Å²) in [4.78, 5) is 17.2. The van der Waals surface area contributed by atoms with Crippen LogP contribution in [0.15, 0.2) is 69.4 Å². The third-order valence-electron chi connectivity index (χ3n) is 3.20. The Morgan fingerprint density at radius 3 is 2.70 bits per heavy atom. The molecule has 0 unspecified atom stereocenters. The van der Waals surface area contributed by atoms with Gasteiger partial charge in [0.1, 0.15) is 0 Å². The second kappa shape index (κ2) is 5.62. The standard InChI is InChI=1S/C16H10N4O2S/c21-12-8-9-20(11-5-2-1-3-6-11)18-14(12)16-17-15(19-22-16)13-7-4-10-23-13/h1-10H. The Morgan fingerprint density at radius 1 is 1.04 bits per heavy atom. The van der Waals surface area contributed by atoms with Crippen LogP contribution in [0, 0.1) is 0 Å². The highest BCUT2D eigenvalue weighted by Gasteiger charge is 2.16. The SMILES string of the molecule is O=c1ccn(-c2ccccc2)nc1-c1nc(-c2cccs2)no1. The monoisotopic (exact) mass is 322 g/mol. The lowest BCUT2D eigenvalue weighted by molar-refractivity contribution is 0.430. The van der Waals surface area contributed by atoms with Crippen LogP contribution < -0.4 is 5.43 Å². The van der Waals surface area contributed by atoms with Gasteiger partial charge in [-0.3, -0.25) is 4.79 Å². The van der Waals surface area contributed by atoms with E-state index in [-0.39, 0.29) is 17.0 Å². The first-order chi connectivity index (χ1) is 11.3. The summed E-state index contributed by atoms with van der Waals surface area (Å²) in [6.07, 6.45) is 1.61. The van der Waals surface area contributed by atoms with Crippen molar-refractivity contribution in [3.05, 3.63) is 70.3 Å². The van der Waals surface area contributed by atoms with Crippen LogP contribution in [0.5, 0.6) is 0 Å². The zero-order valence-electron chi connectivity index (χ0n) is 11.8. The molecule has 0 aliphatic carbocycles. The van der Waals surface area contributed by atoms with Gasteiger partial charge in [-0.15, -0.1) is 11.3 Å². The van der Waals surface area contributed by atoms with Gasteiger partial charge in [-0.1, -0.05) is 29.4 Å². The van der Waals surface area contributed by atoms with Gasteiger partial charge in [0, 0.05) is 12.3 Å². The average Bonchev–Trinajstić information content (AvgIpc) is 3.27. The van der Waals surface area contributed by atoms with Gasteiger partial charge in [-0.2, -0.15) is 10.1 Å². The van der Waals surface area contributed by atoms with Crippen LogP contribution in [0.4, 0.5) is 0 Å². The molecule has 0 fully saturated rings. The van der Waals surface area contributed by atoms with Crippen molar-refractivity contribution >= 4 is 11.3 Å². The molecule has 6 nitrogen and oxygen atoms in total. The molecule has 0 saturated heterocycles. The summed E-state index contributed by atoms with van der Waals surface area (Å²) in [5.74, 6) is 0.565. The van der Waals surface area contributed by atoms with Crippen LogP contribution in [-0.4, -0.2) is 19.9 Å². The smallest absolute Gasteiger partial charge is 0.282 e. The summed E-state index contributed by atoms with van der Waals surface area (Å²) in [7, 11) is 0.